The summed E-state index contributed by atoms with van der Waals surface area (Å²) in [5, 5.41) is 15.4. The minimum absolute atomic E-state index is 0.00373. The Labute approximate surface area is 95.2 Å². The predicted octanol–water partition coefficient (Wildman–Crippen LogP) is -0.0314. The maximum atomic E-state index is 11.4. The molecule has 4 nitrogen and oxygen atoms in total. The topological polar surface area (TPSA) is 61.4 Å². The summed E-state index contributed by atoms with van der Waals surface area (Å²) in [7, 11) is 0. The molecule has 0 unspecified atom stereocenters. The Morgan fingerprint density at radius 1 is 1.60 bits per heavy atom. The van der Waals surface area contributed by atoms with Gasteiger partial charge in [-0.25, -0.2) is 0 Å². The van der Waals surface area contributed by atoms with Crippen molar-refractivity contribution in [3.63, 3.8) is 0 Å². The van der Waals surface area contributed by atoms with Crippen LogP contribution < -0.4 is 10.6 Å². The summed E-state index contributed by atoms with van der Waals surface area (Å²) in [6, 6.07) is -0.133. The Morgan fingerprint density at radius 2 is 2.27 bits per heavy atom. The van der Waals surface area contributed by atoms with Gasteiger partial charge < -0.3 is 15.7 Å². The predicted molar refractivity (Wildman–Crippen MR) is 63.0 cm³/mol. The van der Waals surface area contributed by atoms with E-state index in [0.717, 1.165) is 25.9 Å². The average molecular weight is 232 g/mol. The van der Waals surface area contributed by atoms with E-state index >= 15 is 0 Å². The molecule has 5 heteroatoms. The van der Waals surface area contributed by atoms with Crippen molar-refractivity contribution in [3.05, 3.63) is 0 Å². The van der Waals surface area contributed by atoms with Crippen molar-refractivity contribution in [2.75, 3.05) is 25.4 Å². The summed E-state index contributed by atoms with van der Waals surface area (Å²) in [6.07, 6.45) is 2.29. The molecule has 3 N–H and O–H groups in total. The fraction of sp³-hybridized carbons (Fsp3) is 0.900. The van der Waals surface area contributed by atoms with Gasteiger partial charge in [-0.1, -0.05) is 0 Å². The molecular formula is C10H20N2O2S. The number of hydrogen-bond donors (Lipinski definition) is 3. The Bertz CT molecular complexity index is 196. The van der Waals surface area contributed by atoms with E-state index in [-0.39, 0.29) is 18.6 Å². The Kier molecular flexibility index (Phi) is 6.05. The van der Waals surface area contributed by atoms with E-state index in [1.807, 2.05) is 0 Å². The molecule has 0 aromatic heterocycles. The second kappa shape index (κ2) is 7.09. The Hall–Kier alpha value is -0.260. The molecule has 0 spiro atoms. The molecule has 0 bridgehead atoms. The number of carbonyl (C=O) groups is 1. The normalized spacial score (nSPS) is 19.9. The van der Waals surface area contributed by atoms with Gasteiger partial charge in [-0.3, -0.25) is 4.79 Å². The molecule has 1 saturated heterocycles. The molecule has 1 aliphatic rings. The third kappa shape index (κ3) is 5.39. The fourth-order valence-corrected chi connectivity index (χ4v) is 2.56. The summed E-state index contributed by atoms with van der Waals surface area (Å²) in [5.74, 6) is 0.537. The van der Waals surface area contributed by atoms with Crippen LogP contribution in [0.1, 0.15) is 19.8 Å². The van der Waals surface area contributed by atoms with Crippen LogP contribution in [0.25, 0.3) is 0 Å². The first-order valence-electron chi connectivity index (χ1n) is 5.45. The molecule has 1 aliphatic heterocycles. The highest BCUT2D eigenvalue weighted by atomic mass is 32.2. The molecule has 0 saturated carbocycles. The van der Waals surface area contributed by atoms with E-state index < -0.39 is 0 Å². The van der Waals surface area contributed by atoms with Crippen molar-refractivity contribution in [3.8, 4) is 0 Å². The maximum absolute atomic E-state index is 11.4. The molecule has 15 heavy (non-hydrogen) atoms. The van der Waals surface area contributed by atoms with Gasteiger partial charge in [0.05, 0.1) is 12.4 Å². The Balaban J connectivity index is 2.10. The van der Waals surface area contributed by atoms with E-state index in [1.54, 1.807) is 18.7 Å². The molecule has 0 aromatic rings. The van der Waals surface area contributed by atoms with Crippen molar-refractivity contribution in [1.82, 2.24) is 10.6 Å². The monoisotopic (exact) mass is 232 g/mol. The number of aliphatic hydroxyl groups excluding tert-OH is 1. The van der Waals surface area contributed by atoms with Crippen molar-refractivity contribution >= 4 is 17.7 Å². The van der Waals surface area contributed by atoms with Gasteiger partial charge in [0.2, 0.25) is 5.91 Å². The van der Waals surface area contributed by atoms with Crippen LogP contribution in [-0.2, 0) is 4.79 Å². The number of hydrogen-bond acceptors (Lipinski definition) is 4. The molecule has 0 radical (unpaired) electrons. The standard InChI is InChI=1S/C10H20N2O2S/c1-8(6-13)12-10(14)7-15-9-2-4-11-5-3-9/h8-9,11,13H,2-7H2,1H3,(H,12,14)/t8-/m0/s1. The minimum Gasteiger partial charge on any atom is -0.394 e. The molecule has 1 atom stereocenters. The first-order chi connectivity index (χ1) is 7.22. The second-order valence-corrected chi connectivity index (χ2v) is 5.20. The van der Waals surface area contributed by atoms with Gasteiger partial charge in [0.25, 0.3) is 0 Å². The lowest BCUT2D eigenvalue weighted by Gasteiger charge is -2.22. The van der Waals surface area contributed by atoms with Crippen LogP contribution >= 0.6 is 11.8 Å². The second-order valence-electron chi connectivity index (χ2n) is 3.91. The van der Waals surface area contributed by atoms with Crippen LogP contribution in [0.15, 0.2) is 0 Å². The summed E-state index contributed by atoms with van der Waals surface area (Å²) in [5.41, 5.74) is 0. The lowest BCUT2D eigenvalue weighted by Crippen LogP contribution is -2.37. The SMILES string of the molecule is C[C@@H](CO)NC(=O)CSC1CCNCC1. The highest BCUT2D eigenvalue weighted by molar-refractivity contribution is 8.00. The van der Waals surface area contributed by atoms with Crippen LogP contribution in [-0.4, -0.2) is 47.8 Å². The molecule has 0 aliphatic carbocycles. The third-order valence-corrected chi connectivity index (χ3v) is 3.79. The summed E-state index contributed by atoms with van der Waals surface area (Å²) in [4.78, 5) is 11.4. The lowest BCUT2D eigenvalue weighted by atomic mass is 10.2. The third-order valence-electron chi connectivity index (χ3n) is 2.42. The van der Waals surface area contributed by atoms with Crippen molar-refractivity contribution in [2.45, 2.75) is 31.1 Å². The lowest BCUT2D eigenvalue weighted by molar-refractivity contribution is -0.119. The van der Waals surface area contributed by atoms with Gasteiger partial charge in [0.1, 0.15) is 0 Å². The Morgan fingerprint density at radius 3 is 2.87 bits per heavy atom. The van der Waals surface area contributed by atoms with Crippen LogP contribution in [0, 0.1) is 0 Å². The molecule has 1 heterocycles. The first-order valence-corrected chi connectivity index (χ1v) is 6.49. The van der Waals surface area contributed by atoms with Crippen molar-refractivity contribution < 1.29 is 9.90 Å². The largest absolute Gasteiger partial charge is 0.394 e. The molecule has 0 aromatic carbocycles. The highest BCUT2D eigenvalue weighted by Gasteiger charge is 2.15. The fourth-order valence-electron chi connectivity index (χ4n) is 1.52. The van der Waals surface area contributed by atoms with Crippen LogP contribution in [0.3, 0.4) is 0 Å². The van der Waals surface area contributed by atoms with Crippen molar-refractivity contribution in [1.29, 1.82) is 0 Å². The molecule has 1 amide bonds. The number of piperidine rings is 1. The minimum atomic E-state index is -0.133. The maximum Gasteiger partial charge on any atom is 0.230 e. The zero-order valence-corrected chi connectivity index (χ0v) is 9.98. The number of amides is 1. The zero-order valence-electron chi connectivity index (χ0n) is 9.16. The van der Waals surface area contributed by atoms with Crippen LogP contribution in [0.5, 0.6) is 0 Å². The zero-order chi connectivity index (χ0) is 11.1. The number of nitrogens with one attached hydrogen (secondary N) is 2. The van der Waals surface area contributed by atoms with E-state index in [4.69, 9.17) is 5.11 Å². The molecule has 1 rings (SSSR count). The molecular weight excluding hydrogens is 212 g/mol. The van der Waals surface area contributed by atoms with Gasteiger partial charge in [-0.2, -0.15) is 0 Å². The van der Waals surface area contributed by atoms with Crippen LogP contribution in [0.4, 0.5) is 0 Å². The quantitative estimate of drug-likeness (QED) is 0.623. The number of aliphatic hydroxyl groups is 1. The number of carbonyl (C=O) groups excluding carboxylic acids is 1. The van der Waals surface area contributed by atoms with Crippen molar-refractivity contribution in [2.24, 2.45) is 0 Å². The van der Waals surface area contributed by atoms with Gasteiger partial charge >= 0.3 is 0 Å². The van der Waals surface area contributed by atoms with E-state index in [2.05, 4.69) is 10.6 Å². The number of rotatable bonds is 5. The summed E-state index contributed by atoms with van der Waals surface area (Å²) < 4.78 is 0. The summed E-state index contributed by atoms with van der Waals surface area (Å²) in [6.45, 7) is 3.93. The number of thioether (sulfide) groups is 1. The van der Waals surface area contributed by atoms with Gasteiger partial charge in [-0.05, 0) is 32.9 Å². The van der Waals surface area contributed by atoms with Gasteiger partial charge in [0.15, 0.2) is 0 Å². The van der Waals surface area contributed by atoms with E-state index in [1.165, 1.54) is 0 Å². The highest BCUT2D eigenvalue weighted by Crippen LogP contribution is 2.19. The van der Waals surface area contributed by atoms with E-state index in [0.29, 0.717) is 11.0 Å². The average Bonchev–Trinajstić information content (AvgIpc) is 2.27. The molecule has 88 valence electrons. The van der Waals surface area contributed by atoms with Gasteiger partial charge in [-0.15, -0.1) is 11.8 Å². The van der Waals surface area contributed by atoms with Gasteiger partial charge in [0, 0.05) is 11.3 Å². The smallest absolute Gasteiger partial charge is 0.230 e. The first kappa shape index (κ1) is 12.8. The summed E-state index contributed by atoms with van der Waals surface area (Å²) >= 11 is 1.72. The molecule has 1 fully saturated rings. The van der Waals surface area contributed by atoms with Crippen LogP contribution in [0.2, 0.25) is 0 Å². The van der Waals surface area contributed by atoms with E-state index in [9.17, 15) is 4.79 Å².